The molecular formula is C100H70N4. The largest absolute Gasteiger partial charge is 0.310 e. The molecule has 0 amide bonds. The Morgan fingerprint density at radius 2 is 0.404 bits per heavy atom. The second kappa shape index (κ2) is 27.7. The number of para-hydroxylation sites is 1. The van der Waals surface area contributed by atoms with E-state index in [1.807, 2.05) is 0 Å². The number of anilines is 6. The zero-order chi connectivity index (χ0) is 69.1. The highest BCUT2D eigenvalue weighted by molar-refractivity contribution is 6.22. The van der Waals surface area contributed by atoms with Crippen LogP contribution >= 0.6 is 0 Å². The first kappa shape index (κ1) is 62.5. The predicted octanol–water partition coefficient (Wildman–Crippen LogP) is 27.7. The van der Waals surface area contributed by atoms with Gasteiger partial charge in [0.15, 0.2) is 0 Å². The van der Waals surface area contributed by atoms with Crippen molar-refractivity contribution in [2.45, 2.75) is 0 Å². The highest BCUT2D eigenvalue weighted by Crippen LogP contribution is 2.45. The minimum atomic E-state index is 1.10. The van der Waals surface area contributed by atoms with Gasteiger partial charge in [-0.3, -0.25) is 0 Å². The summed E-state index contributed by atoms with van der Waals surface area (Å²) in [4.78, 5) is 4.75. The van der Waals surface area contributed by atoms with Gasteiger partial charge in [0.25, 0.3) is 0 Å². The van der Waals surface area contributed by atoms with Gasteiger partial charge in [0.05, 0.1) is 22.1 Å². The fraction of sp³-hybridized carbons (Fsp3) is 0. The van der Waals surface area contributed by atoms with E-state index in [1.54, 1.807) is 0 Å². The van der Waals surface area contributed by atoms with Crippen molar-refractivity contribution in [2.24, 2.45) is 0 Å². The van der Waals surface area contributed by atoms with Gasteiger partial charge in [-0.25, -0.2) is 0 Å². The maximum atomic E-state index is 2.42. The molecule has 2 aromatic heterocycles. The van der Waals surface area contributed by atoms with Crippen molar-refractivity contribution in [3.05, 3.63) is 425 Å². The van der Waals surface area contributed by atoms with Crippen LogP contribution in [0.15, 0.2) is 425 Å². The monoisotopic (exact) mass is 1330 g/mol. The van der Waals surface area contributed by atoms with Crippen molar-refractivity contribution in [3.63, 3.8) is 0 Å². The van der Waals surface area contributed by atoms with E-state index in [0.717, 1.165) is 45.5 Å². The molecule has 2 heterocycles. The zero-order valence-electron chi connectivity index (χ0n) is 57.2. The van der Waals surface area contributed by atoms with Crippen molar-refractivity contribution in [1.82, 2.24) is 9.13 Å². The third-order valence-electron chi connectivity index (χ3n) is 20.2. The molecule has 0 fully saturated rings. The number of rotatable bonds is 14. The summed E-state index contributed by atoms with van der Waals surface area (Å²) in [6.07, 6.45) is 0. The summed E-state index contributed by atoms with van der Waals surface area (Å²) >= 11 is 0. The molecule has 0 N–H and O–H groups in total. The highest BCUT2D eigenvalue weighted by Gasteiger charge is 2.22. The van der Waals surface area contributed by atoms with E-state index in [0.29, 0.717) is 0 Å². The fourth-order valence-electron chi connectivity index (χ4n) is 15.1. The molecule has 0 saturated carbocycles. The van der Waals surface area contributed by atoms with Crippen LogP contribution < -0.4 is 9.80 Å². The summed E-state index contributed by atoms with van der Waals surface area (Å²) in [5.41, 5.74) is 28.2. The van der Waals surface area contributed by atoms with Gasteiger partial charge in [-0.05, 0) is 199 Å². The number of aromatic nitrogens is 2. The number of hydrogen-bond donors (Lipinski definition) is 0. The topological polar surface area (TPSA) is 16.3 Å². The molecule has 104 heavy (non-hydrogen) atoms. The van der Waals surface area contributed by atoms with Crippen LogP contribution in [0.4, 0.5) is 34.1 Å². The molecule has 19 rings (SSSR count). The van der Waals surface area contributed by atoms with Crippen LogP contribution in [-0.2, 0) is 0 Å². The van der Waals surface area contributed by atoms with Crippen LogP contribution in [0.2, 0.25) is 0 Å². The van der Waals surface area contributed by atoms with Crippen LogP contribution in [0, 0.1) is 0 Å². The molecule has 19 aromatic rings. The molecule has 4 nitrogen and oxygen atoms in total. The van der Waals surface area contributed by atoms with Crippen molar-refractivity contribution >= 4 is 88.5 Å². The number of hydrogen-bond acceptors (Lipinski definition) is 2. The third-order valence-corrected chi connectivity index (χ3v) is 20.2. The third kappa shape index (κ3) is 12.1. The van der Waals surface area contributed by atoms with Crippen LogP contribution in [0.5, 0.6) is 0 Å². The van der Waals surface area contributed by atoms with Crippen molar-refractivity contribution in [3.8, 4) is 78.1 Å². The molecule has 0 saturated heterocycles. The summed E-state index contributed by atoms with van der Waals surface area (Å²) in [7, 11) is 0. The Hall–Kier alpha value is -13.8. The summed E-state index contributed by atoms with van der Waals surface area (Å²) < 4.78 is 4.81. The normalized spacial score (nSPS) is 11.3. The maximum absolute atomic E-state index is 2.42. The molecule has 0 aliphatic carbocycles. The molecule has 17 aromatic carbocycles. The van der Waals surface area contributed by atoms with Crippen molar-refractivity contribution < 1.29 is 0 Å². The average molecular weight is 1330 g/mol. The SMILES string of the molecule is c1ccc(-c2ccc(N(c3ccc(-c4ccccc4)cc3)c3ccc4c(c3)c3c5ccccc5ccc3n4-c3ccc(-c4ccccc4)cc3)cc2)cc1.c1ccc(-c2ccc(N(c3ccc(-c4ccccc4)cc3)c3ccc4c(c3)c3ccccc3n4-c3ccc(-c4ccccc4)cc3)cc2)cc1. The highest BCUT2D eigenvalue weighted by atomic mass is 15.1. The van der Waals surface area contributed by atoms with E-state index in [9.17, 15) is 0 Å². The van der Waals surface area contributed by atoms with Gasteiger partial charge in [0.1, 0.15) is 0 Å². The Morgan fingerprint density at radius 3 is 0.769 bits per heavy atom. The summed E-state index contributed by atoms with van der Waals surface area (Å²) in [6.45, 7) is 0. The smallest absolute Gasteiger partial charge is 0.0547 e. The Morgan fingerprint density at radius 1 is 0.154 bits per heavy atom. The molecule has 0 atom stereocenters. The van der Waals surface area contributed by atoms with E-state index in [2.05, 4.69) is 444 Å². The van der Waals surface area contributed by atoms with Gasteiger partial charge in [0, 0.05) is 67.0 Å². The predicted molar refractivity (Wildman–Crippen MR) is 441 cm³/mol. The average Bonchev–Trinajstić information content (AvgIpc) is 1.58. The van der Waals surface area contributed by atoms with Gasteiger partial charge in [-0.1, -0.05) is 303 Å². The Bertz CT molecular complexity index is 6010. The minimum absolute atomic E-state index is 1.10. The molecule has 0 radical (unpaired) electrons. The lowest BCUT2D eigenvalue weighted by molar-refractivity contribution is 1.18. The van der Waals surface area contributed by atoms with Crippen LogP contribution in [0.25, 0.3) is 133 Å². The summed E-state index contributed by atoms with van der Waals surface area (Å²) in [5.74, 6) is 0. The standard InChI is InChI=1S/C52H36N2.C48H34N2/c1-4-12-37(13-5-1)40-20-27-44(28-21-40)53(45-29-22-41(23-30-45)38-14-6-2-7-15-38)47-33-35-50-49(36-47)52-48-19-11-10-18-43(48)26-34-51(52)54(50)46-31-24-42(25-32-46)39-16-8-3-9-17-39;1-4-12-35(13-5-1)38-20-26-41(27-21-38)49(42-28-22-39(23-29-42)36-14-6-2-7-15-36)44-32-33-48-46(34-44)45-18-10-11-19-47(45)50(48)43-30-24-40(25-31-43)37-16-8-3-9-17-37/h1-36H;1-34H. The second-order valence-corrected chi connectivity index (χ2v) is 26.4. The van der Waals surface area contributed by atoms with Gasteiger partial charge in [-0.2, -0.15) is 0 Å². The van der Waals surface area contributed by atoms with E-state index in [4.69, 9.17) is 0 Å². The van der Waals surface area contributed by atoms with Gasteiger partial charge in [0.2, 0.25) is 0 Å². The van der Waals surface area contributed by atoms with Crippen LogP contribution in [-0.4, -0.2) is 9.13 Å². The Kier molecular flexibility index (Phi) is 16.6. The van der Waals surface area contributed by atoms with Gasteiger partial charge < -0.3 is 18.9 Å². The van der Waals surface area contributed by atoms with Crippen LogP contribution in [0.1, 0.15) is 0 Å². The molecule has 0 aliphatic rings. The maximum Gasteiger partial charge on any atom is 0.0547 e. The molecule has 0 aliphatic heterocycles. The first-order chi connectivity index (χ1) is 51.6. The molecule has 0 unspecified atom stereocenters. The first-order valence-electron chi connectivity index (χ1n) is 35.6. The van der Waals surface area contributed by atoms with Gasteiger partial charge in [-0.15, -0.1) is 0 Å². The minimum Gasteiger partial charge on any atom is -0.310 e. The summed E-state index contributed by atoms with van der Waals surface area (Å²) in [6, 6.07) is 153. The molecule has 490 valence electrons. The molecule has 4 heteroatoms. The van der Waals surface area contributed by atoms with Crippen molar-refractivity contribution in [2.75, 3.05) is 9.80 Å². The molecule has 0 bridgehead atoms. The fourth-order valence-corrected chi connectivity index (χ4v) is 15.1. The Balaban J connectivity index is 0.000000149. The Labute approximate surface area is 606 Å². The van der Waals surface area contributed by atoms with Crippen LogP contribution in [0.3, 0.4) is 0 Å². The summed E-state index contributed by atoms with van der Waals surface area (Å²) in [5, 5.41) is 7.42. The van der Waals surface area contributed by atoms with E-state index < -0.39 is 0 Å². The lowest BCUT2D eigenvalue weighted by Crippen LogP contribution is -2.10. The lowest BCUT2D eigenvalue weighted by atomic mass is 10.0. The lowest BCUT2D eigenvalue weighted by Gasteiger charge is -2.26. The number of fused-ring (bicyclic) bond motifs is 8. The molecular weight excluding hydrogens is 1260 g/mol. The van der Waals surface area contributed by atoms with E-state index >= 15 is 0 Å². The van der Waals surface area contributed by atoms with Crippen molar-refractivity contribution in [1.29, 1.82) is 0 Å². The van der Waals surface area contributed by atoms with E-state index in [1.165, 1.54) is 121 Å². The van der Waals surface area contributed by atoms with Gasteiger partial charge >= 0.3 is 0 Å². The number of nitrogens with zero attached hydrogens (tertiary/aromatic N) is 4. The number of benzene rings is 17. The molecule has 0 spiro atoms. The zero-order valence-corrected chi connectivity index (χ0v) is 57.2. The first-order valence-corrected chi connectivity index (χ1v) is 35.6. The van der Waals surface area contributed by atoms with E-state index in [-0.39, 0.29) is 0 Å². The quantitative estimate of drug-likeness (QED) is 0.108. The second-order valence-electron chi connectivity index (χ2n) is 26.4.